The van der Waals surface area contributed by atoms with Crippen molar-refractivity contribution in [2.75, 3.05) is 5.75 Å². The molecule has 1 nitrogen and oxygen atoms in total. The Bertz CT molecular complexity index is 660. The summed E-state index contributed by atoms with van der Waals surface area (Å²) in [5, 5.41) is 0. The zero-order valence-electron chi connectivity index (χ0n) is 10.4. The van der Waals surface area contributed by atoms with E-state index < -0.39 is 23.5 Å². The normalized spacial score (nSPS) is 18.9. The second kappa shape index (κ2) is 5.14. The molecule has 0 amide bonds. The van der Waals surface area contributed by atoms with Crippen LogP contribution in [0, 0.1) is 17.5 Å². The Morgan fingerprint density at radius 3 is 2.60 bits per heavy atom. The van der Waals surface area contributed by atoms with Crippen molar-refractivity contribution in [1.29, 1.82) is 0 Å². The molecule has 1 aliphatic heterocycles. The summed E-state index contributed by atoms with van der Waals surface area (Å²) < 4.78 is 40.1. The van der Waals surface area contributed by atoms with Crippen LogP contribution in [0.15, 0.2) is 41.3 Å². The Morgan fingerprint density at radius 1 is 1.05 bits per heavy atom. The van der Waals surface area contributed by atoms with Gasteiger partial charge >= 0.3 is 0 Å². The van der Waals surface area contributed by atoms with Crippen molar-refractivity contribution in [1.82, 2.24) is 0 Å². The van der Waals surface area contributed by atoms with Crippen molar-refractivity contribution in [3.63, 3.8) is 0 Å². The molecule has 1 aliphatic rings. The van der Waals surface area contributed by atoms with Gasteiger partial charge in [0.2, 0.25) is 0 Å². The third-order valence-electron chi connectivity index (χ3n) is 3.59. The number of hydrogen-bond acceptors (Lipinski definition) is 2. The Morgan fingerprint density at radius 2 is 1.80 bits per heavy atom. The van der Waals surface area contributed by atoms with E-state index in [1.807, 2.05) is 24.3 Å². The first-order chi connectivity index (χ1) is 9.59. The number of rotatable bonds is 2. The van der Waals surface area contributed by atoms with Crippen LogP contribution in [0.2, 0.25) is 0 Å². The number of thioether (sulfide) groups is 1. The molecular formula is C15H12F3NS. The summed E-state index contributed by atoms with van der Waals surface area (Å²) in [4.78, 5) is 1.11. The van der Waals surface area contributed by atoms with Gasteiger partial charge in [0, 0.05) is 28.2 Å². The number of fused-ring (bicyclic) bond motifs is 1. The van der Waals surface area contributed by atoms with Gasteiger partial charge in [0.25, 0.3) is 0 Å². The van der Waals surface area contributed by atoms with Gasteiger partial charge in [-0.1, -0.05) is 24.3 Å². The van der Waals surface area contributed by atoms with Gasteiger partial charge in [0.1, 0.15) is 0 Å². The van der Waals surface area contributed by atoms with Crippen molar-refractivity contribution in [2.45, 2.75) is 16.9 Å². The fourth-order valence-electron chi connectivity index (χ4n) is 2.50. The minimum atomic E-state index is -1.46. The molecule has 0 fully saturated rings. The SMILES string of the molecule is NC(c1ccc(F)c(F)c1F)C1CSc2ccccc21. The van der Waals surface area contributed by atoms with Gasteiger partial charge in [0.15, 0.2) is 17.5 Å². The lowest BCUT2D eigenvalue weighted by Gasteiger charge is -2.20. The van der Waals surface area contributed by atoms with Gasteiger partial charge in [-0.15, -0.1) is 11.8 Å². The number of nitrogens with two attached hydrogens (primary N) is 1. The molecule has 2 aromatic rings. The number of hydrogen-bond donors (Lipinski definition) is 1. The predicted octanol–water partition coefficient (Wildman–Crippen LogP) is 3.99. The maximum atomic E-state index is 13.8. The molecule has 0 aliphatic carbocycles. The minimum absolute atomic E-state index is 0.0196. The van der Waals surface area contributed by atoms with Crippen LogP contribution < -0.4 is 5.73 Å². The van der Waals surface area contributed by atoms with Crippen molar-refractivity contribution in [3.05, 3.63) is 65.0 Å². The van der Waals surface area contributed by atoms with Gasteiger partial charge in [-0.05, 0) is 17.7 Å². The summed E-state index contributed by atoms with van der Waals surface area (Å²) >= 11 is 1.64. The third-order valence-corrected chi connectivity index (χ3v) is 4.80. The molecule has 2 N–H and O–H groups in total. The Kier molecular flexibility index (Phi) is 3.48. The molecule has 104 valence electrons. The maximum Gasteiger partial charge on any atom is 0.194 e. The van der Waals surface area contributed by atoms with Gasteiger partial charge in [-0.25, -0.2) is 13.2 Å². The van der Waals surface area contributed by atoms with E-state index in [-0.39, 0.29) is 11.5 Å². The van der Waals surface area contributed by atoms with Crippen LogP contribution in [0.5, 0.6) is 0 Å². The molecule has 0 spiro atoms. The first-order valence-electron chi connectivity index (χ1n) is 6.20. The van der Waals surface area contributed by atoms with Crippen molar-refractivity contribution < 1.29 is 13.2 Å². The smallest absolute Gasteiger partial charge is 0.194 e. The van der Waals surface area contributed by atoms with Crippen molar-refractivity contribution >= 4 is 11.8 Å². The zero-order chi connectivity index (χ0) is 14.3. The molecule has 0 bridgehead atoms. The molecule has 3 rings (SSSR count). The van der Waals surface area contributed by atoms with E-state index >= 15 is 0 Å². The standard InChI is InChI=1S/C15H12F3NS/c16-11-6-5-9(13(17)14(11)18)15(19)10-7-20-12-4-2-1-3-8(10)12/h1-6,10,15H,7,19H2. The largest absolute Gasteiger partial charge is 0.323 e. The summed E-state index contributed by atoms with van der Waals surface area (Å²) in [5.41, 5.74) is 7.15. The van der Waals surface area contributed by atoms with Crippen LogP contribution >= 0.6 is 11.8 Å². The van der Waals surface area contributed by atoms with Crippen LogP contribution in [-0.4, -0.2) is 5.75 Å². The minimum Gasteiger partial charge on any atom is -0.323 e. The first kappa shape index (κ1) is 13.5. The number of benzene rings is 2. The molecule has 2 unspecified atom stereocenters. The van der Waals surface area contributed by atoms with Crippen LogP contribution in [0.4, 0.5) is 13.2 Å². The Labute approximate surface area is 119 Å². The summed E-state index contributed by atoms with van der Waals surface area (Å²) in [7, 11) is 0. The lowest BCUT2D eigenvalue weighted by atomic mass is 9.89. The fourth-order valence-corrected chi connectivity index (χ4v) is 3.81. The summed E-state index contributed by atoms with van der Waals surface area (Å²) in [6.07, 6.45) is 0. The predicted molar refractivity (Wildman–Crippen MR) is 73.2 cm³/mol. The van der Waals surface area contributed by atoms with Gasteiger partial charge in [-0.2, -0.15) is 0 Å². The van der Waals surface area contributed by atoms with Gasteiger partial charge in [-0.3, -0.25) is 0 Å². The molecule has 20 heavy (non-hydrogen) atoms. The van der Waals surface area contributed by atoms with Crippen LogP contribution in [-0.2, 0) is 0 Å². The molecular weight excluding hydrogens is 283 g/mol. The monoisotopic (exact) mass is 295 g/mol. The van der Waals surface area contributed by atoms with Crippen LogP contribution in [0.3, 0.4) is 0 Å². The Balaban J connectivity index is 1.99. The quantitative estimate of drug-likeness (QED) is 0.848. The highest BCUT2D eigenvalue weighted by atomic mass is 32.2. The van der Waals surface area contributed by atoms with E-state index in [1.54, 1.807) is 11.8 Å². The first-order valence-corrected chi connectivity index (χ1v) is 7.19. The highest BCUT2D eigenvalue weighted by Crippen LogP contribution is 2.45. The fraction of sp³-hybridized carbons (Fsp3) is 0.200. The van der Waals surface area contributed by atoms with Gasteiger partial charge < -0.3 is 5.73 Å². The Hall–Kier alpha value is -1.46. The summed E-state index contributed by atoms with van der Waals surface area (Å²) in [6.45, 7) is 0. The summed E-state index contributed by atoms with van der Waals surface area (Å²) in [6, 6.07) is 9.20. The molecule has 0 radical (unpaired) electrons. The molecule has 5 heteroatoms. The number of halogens is 3. The molecule has 0 saturated carbocycles. The van der Waals surface area contributed by atoms with E-state index in [4.69, 9.17) is 5.73 Å². The topological polar surface area (TPSA) is 26.0 Å². The molecule has 1 heterocycles. The van der Waals surface area contributed by atoms with E-state index in [1.165, 1.54) is 6.07 Å². The second-order valence-corrected chi connectivity index (χ2v) is 5.81. The zero-order valence-corrected chi connectivity index (χ0v) is 11.3. The third kappa shape index (κ3) is 2.11. The lowest BCUT2D eigenvalue weighted by molar-refractivity contribution is 0.430. The molecule has 2 atom stereocenters. The average molecular weight is 295 g/mol. The van der Waals surface area contributed by atoms with E-state index in [0.29, 0.717) is 5.75 Å². The highest BCUT2D eigenvalue weighted by molar-refractivity contribution is 7.99. The highest BCUT2D eigenvalue weighted by Gasteiger charge is 2.31. The molecule has 2 aromatic carbocycles. The average Bonchev–Trinajstić information content (AvgIpc) is 2.88. The van der Waals surface area contributed by atoms with E-state index in [2.05, 4.69) is 0 Å². The van der Waals surface area contributed by atoms with Crippen molar-refractivity contribution in [3.8, 4) is 0 Å². The van der Waals surface area contributed by atoms with Crippen LogP contribution in [0.25, 0.3) is 0 Å². The summed E-state index contributed by atoms with van der Waals surface area (Å²) in [5.74, 6) is -3.24. The van der Waals surface area contributed by atoms with E-state index in [9.17, 15) is 13.2 Å². The lowest BCUT2D eigenvalue weighted by Crippen LogP contribution is -2.21. The second-order valence-electron chi connectivity index (χ2n) is 4.75. The van der Waals surface area contributed by atoms with Crippen molar-refractivity contribution in [2.24, 2.45) is 5.73 Å². The van der Waals surface area contributed by atoms with Gasteiger partial charge in [0.05, 0.1) is 0 Å². The molecule has 0 aromatic heterocycles. The van der Waals surface area contributed by atoms with Crippen LogP contribution in [0.1, 0.15) is 23.1 Å². The maximum absolute atomic E-state index is 13.8. The molecule has 0 saturated heterocycles. The van der Waals surface area contributed by atoms with E-state index in [0.717, 1.165) is 16.5 Å².